The van der Waals surface area contributed by atoms with Gasteiger partial charge >= 0.3 is 0 Å². The van der Waals surface area contributed by atoms with E-state index in [1.54, 1.807) is 7.11 Å². The number of rotatable bonds is 4. The van der Waals surface area contributed by atoms with Crippen molar-refractivity contribution < 1.29 is 9.15 Å². The SMILES string of the molecule is COCc1ccc(C(N)c2ccccc2I)o1. The highest BCUT2D eigenvalue weighted by atomic mass is 127. The first-order chi connectivity index (χ1) is 8.22. The molecule has 0 spiro atoms. The van der Waals surface area contributed by atoms with Crippen molar-refractivity contribution >= 4 is 22.6 Å². The Bertz CT molecular complexity index is 496. The van der Waals surface area contributed by atoms with Gasteiger partial charge in [-0.05, 0) is 46.4 Å². The van der Waals surface area contributed by atoms with Gasteiger partial charge in [0.2, 0.25) is 0 Å². The van der Waals surface area contributed by atoms with Crippen LogP contribution in [0.1, 0.15) is 23.1 Å². The molecule has 0 aliphatic heterocycles. The van der Waals surface area contributed by atoms with E-state index in [0.717, 1.165) is 20.7 Å². The highest BCUT2D eigenvalue weighted by Crippen LogP contribution is 2.25. The minimum absolute atomic E-state index is 0.228. The zero-order valence-corrected chi connectivity index (χ0v) is 11.7. The molecule has 2 N–H and O–H groups in total. The van der Waals surface area contributed by atoms with E-state index in [1.807, 2.05) is 36.4 Å². The number of methoxy groups -OCH3 is 1. The van der Waals surface area contributed by atoms with E-state index >= 15 is 0 Å². The third-order valence-electron chi connectivity index (χ3n) is 2.52. The molecule has 4 heteroatoms. The topological polar surface area (TPSA) is 48.4 Å². The van der Waals surface area contributed by atoms with Gasteiger partial charge in [-0.3, -0.25) is 0 Å². The van der Waals surface area contributed by atoms with Crippen LogP contribution >= 0.6 is 22.6 Å². The Kier molecular flexibility index (Phi) is 4.20. The molecule has 0 radical (unpaired) electrons. The van der Waals surface area contributed by atoms with Crippen LogP contribution in [0.5, 0.6) is 0 Å². The van der Waals surface area contributed by atoms with E-state index in [1.165, 1.54) is 0 Å². The van der Waals surface area contributed by atoms with Crippen molar-refractivity contribution in [2.75, 3.05) is 7.11 Å². The Morgan fingerprint density at radius 1 is 1.29 bits per heavy atom. The van der Waals surface area contributed by atoms with Crippen LogP contribution in [0.4, 0.5) is 0 Å². The summed E-state index contributed by atoms with van der Waals surface area (Å²) in [5.74, 6) is 1.56. The molecule has 2 rings (SSSR count). The van der Waals surface area contributed by atoms with Gasteiger partial charge in [0, 0.05) is 10.7 Å². The second kappa shape index (κ2) is 5.66. The van der Waals surface area contributed by atoms with E-state index in [9.17, 15) is 0 Å². The van der Waals surface area contributed by atoms with Crippen LogP contribution in [-0.2, 0) is 11.3 Å². The quantitative estimate of drug-likeness (QED) is 0.868. The van der Waals surface area contributed by atoms with Crippen molar-refractivity contribution in [1.82, 2.24) is 0 Å². The maximum absolute atomic E-state index is 6.19. The van der Waals surface area contributed by atoms with E-state index in [4.69, 9.17) is 14.9 Å². The smallest absolute Gasteiger partial charge is 0.129 e. The molecule has 0 aliphatic carbocycles. The Labute approximate surface area is 114 Å². The van der Waals surface area contributed by atoms with Gasteiger partial charge in [0.25, 0.3) is 0 Å². The van der Waals surface area contributed by atoms with Crippen molar-refractivity contribution in [3.05, 3.63) is 57.1 Å². The molecule has 0 fully saturated rings. The maximum Gasteiger partial charge on any atom is 0.129 e. The summed E-state index contributed by atoms with van der Waals surface area (Å²) in [5, 5.41) is 0. The molecular weight excluding hydrogens is 329 g/mol. The van der Waals surface area contributed by atoms with Gasteiger partial charge in [0.1, 0.15) is 18.1 Å². The van der Waals surface area contributed by atoms with Gasteiger partial charge in [-0.15, -0.1) is 0 Å². The minimum Gasteiger partial charge on any atom is -0.462 e. The first-order valence-corrected chi connectivity index (χ1v) is 6.38. The van der Waals surface area contributed by atoms with Crippen LogP contribution in [0, 0.1) is 3.57 Å². The minimum atomic E-state index is -0.228. The molecular formula is C13H14INO2. The number of hydrogen-bond donors (Lipinski definition) is 1. The molecule has 1 atom stereocenters. The fourth-order valence-electron chi connectivity index (χ4n) is 1.66. The summed E-state index contributed by atoms with van der Waals surface area (Å²) in [6, 6.07) is 11.6. The van der Waals surface area contributed by atoms with Gasteiger partial charge in [0.15, 0.2) is 0 Å². The molecule has 1 aromatic carbocycles. The van der Waals surface area contributed by atoms with Crippen LogP contribution in [0.2, 0.25) is 0 Å². The molecule has 1 heterocycles. The third kappa shape index (κ3) is 2.88. The molecule has 2 aromatic rings. The monoisotopic (exact) mass is 343 g/mol. The summed E-state index contributed by atoms with van der Waals surface area (Å²) in [6.45, 7) is 0.471. The number of furan rings is 1. The summed E-state index contributed by atoms with van der Waals surface area (Å²) in [5.41, 5.74) is 7.26. The van der Waals surface area contributed by atoms with Crippen LogP contribution in [0.3, 0.4) is 0 Å². The van der Waals surface area contributed by atoms with Crippen molar-refractivity contribution in [3.63, 3.8) is 0 Å². The molecule has 0 amide bonds. The van der Waals surface area contributed by atoms with Gasteiger partial charge < -0.3 is 14.9 Å². The number of nitrogens with two attached hydrogens (primary N) is 1. The number of benzene rings is 1. The van der Waals surface area contributed by atoms with Crippen molar-refractivity contribution in [2.24, 2.45) is 5.73 Å². The largest absolute Gasteiger partial charge is 0.462 e. The summed E-state index contributed by atoms with van der Waals surface area (Å²) in [6.07, 6.45) is 0. The number of hydrogen-bond acceptors (Lipinski definition) is 3. The molecule has 0 saturated heterocycles. The fourth-order valence-corrected chi connectivity index (χ4v) is 2.38. The van der Waals surface area contributed by atoms with Crippen LogP contribution in [0.25, 0.3) is 0 Å². The first-order valence-electron chi connectivity index (χ1n) is 5.30. The lowest BCUT2D eigenvalue weighted by Gasteiger charge is -2.11. The van der Waals surface area contributed by atoms with E-state index < -0.39 is 0 Å². The summed E-state index contributed by atoms with van der Waals surface area (Å²) < 4.78 is 11.8. The summed E-state index contributed by atoms with van der Waals surface area (Å²) in [4.78, 5) is 0. The van der Waals surface area contributed by atoms with E-state index in [-0.39, 0.29) is 6.04 Å². The zero-order valence-electron chi connectivity index (χ0n) is 9.52. The maximum atomic E-state index is 6.19. The van der Waals surface area contributed by atoms with Gasteiger partial charge in [-0.2, -0.15) is 0 Å². The molecule has 17 heavy (non-hydrogen) atoms. The van der Waals surface area contributed by atoms with Gasteiger partial charge in [0.05, 0.1) is 6.04 Å². The number of ether oxygens (including phenoxy) is 1. The molecule has 3 nitrogen and oxygen atoms in total. The van der Waals surface area contributed by atoms with Crippen molar-refractivity contribution in [2.45, 2.75) is 12.6 Å². The average Bonchev–Trinajstić information content (AvgIpc) is 2.78. The zero-order chi connectivity index (χ0) is 12.3. The lowest BCUT2D eigenvalue weighted by molar-refractivity contribution is 0.162. The molecule has 90 valence electrons. The van der Waals surface area contributed by atoms with Crippen LogP contribution in [-0.4, -0.2) is 7.11 Å². The predicted octanol–water partition coefficient (Wildman–Crippen LogP) is 3.08. The lowest BCUT2D eigenvalue weighted by Crippen LogP contribution is -2.12. The van der Waals surface area contributed by atoms with Crippen molar-refractivity contribution in [1.29, 1.82) is 0 Å². The third-order valence-corrected chi connectivity index (χ3v) is 3.50. The van der Waals surface area contributed by atoms with Crippen LogP contribution < -0.4 is 5.73 Å². The average molecular weight is 343 g/mol. The van der Waals surface area contributed by atoms with Gasteiger partial charge in [-0.1, -0.05) is 18.2 Å². The van der Waals surface area contributed by atoms with E-state index in [2.05, 4.69) is 22.6 Å². The van der Waals surface area contributed by atoms with Crippen molar-refractivity contribution in [3.8, 4) is 0 Å². The highest BCUT2D eigenvalue weighted by molar-refractivity contribution is 14.1. The molecule has 0 bridgehead atoms. The second-order valence-electron chi connectivity index (χ2n) is 3.74. The standard InChI is InChI=1S/C13H14INO2/c1-16-8-9-6-7-12(17-9)13(15)10-4-2-3-5-11(10)14/h2-7,13H,8,15H2,1H3. The summed E-state index contributed by atoms with van der Waals surface area (Å²) in [7, 11) is 1.64. The molecule has 1 unspecified atom stereocenters. The Morgan fingerprint density at radius 2 is 2.06 bits per heavy atom. The molecule has 0 aliphatic rings. The molecule has 1 aromatic heterocycles. The second-order valence-corrected chi connectivity index (χ2v) is 4.90. The number of halogens is 1. The summed E-state index contributed by atoms with van der Waals surface area (Å²) >= 11 is 2.28. The Hall–Kier alpha value is -0.850. The van der Waals surface area contributed by atoms with Gasteiger partial charge in [-0.25, -0.2) is 0 Å². The Morgan fingerprint density at radius 3 is 2.76 bits per heavy atom. The Balaban J connectivity index is 2.24. The fraction of sp³-hybridized carbons (Fsp3) is 0.231. The first kappa shape index (κ1) is 12.6. The lowest BCUT2D eigenvalue weighted by atomic mass is 10.1. The normalized spacial score (nSPS) is 12.6. The highest BCUT2D eigenvalue weighted by Gasteiger charge is 2.15. The predicted molar refractivity (Wildman–Crippen MR) is 74.6 cm³/mol. The van der Waals surface area contributed by atoms with Crippen LogP contribution in [0.15, 0.2) is 40.8 Å². The molecule has 0 saturated carbocycles. The van der Waals surface area contributed by atoms with E-state index in [0.29, 0.717) is 6.61 Å².